The van der Waals surface area contributed by atoms with E-state index < -0.39 is 0 Å². The number of hydrogen-bond acceptors (Lipinski definition) is 4. The lowest BCUT2D eigenvalue weighted by Crippen LogP contribution is -2.00. The lowest BCUT2D eigenvalue weighted by molar-refractivity contribution is 0.0991. The summed E-state index contributed by atoms with van der Waals surface area (Å²) in [5.74, 6) is 0.681. The molecule has 0 saturated carbocycles. The summed E-state index contributed by atoms with van der Waals surface area (Å²) in [5.41, 5.74) is 1.40. The van der Waals surface area contributed by atoms with E-state index in [0.29, 0.717) is 17.1 Å². The van der Waals surface area contributed by atoms with E-state index in [1.807, 2.05) is 36.4 Å². The average molecular weight is 310 g/mol. The number of carbonyl (C=O) groups is 2. The van der Waals surface area contributed by atoms with E-state index in [2.05, 4.69) is 0 Å². The molecule has 0 fully saturated rings. The number of Topliss-reactive ketones (excluding diaryl/α,β-unsaturated/α-hetero) is 2. The Morgan fingerprint density at radius 2 is 1.77 bits per heavy atom. The summed E-state index contributed by atoms with van der Waals surface area (Å²) in [6.45, 7) is 1.53. The highest BCUT2D eigenvalue weighted by Crippen LogP contribution is 2.23. The van der Waals surface area contributed by atoms with Crippen LogP contribution in [0.4, 0.5) is 0 Å². The van der Waals surface area contributed by atoms with E-state index in [9.17, 15) is 9.59 Å². The van der Waals surface area contributed by atoms with Crippen molar-refractivity contribution in [1.29, 1.82) is 0 Å². The van der Waals surface area contributed by atoms with Gasteiger partial charge in [-0.05, 0) is 31.2 Å². The van der Waals surface area contributed by atoms with Crippen LogP contribution in [0.15, 0.2) is 63.9 Å². The molecule has 0 saturated heterocycles. The molecular weight excluding hydrogens is 296 g/mol. The minimum Gasteiger partial charge on any atom is -0.453 e. The lowest BCUT2D eigenvalue weighted by Gasteiger charge is -2.01. The summed E-state index contributed by atoms with van der Waals surface area (Å²) in [6.07, 6.45) is 0. The van der Waals surface area contributed by atoms with E-state index in [4.69, 9.17) is 4.42 Å². The molecule has 0 unspecified atom stereocenters. The summed E-state index contributed by atoms with van der Waals surface area (Å²) >= 11 is 1.43. The first-order valence-corrected chi connectivity index (χ1v) is 7.87. The van der Waals surface area contributed by atoms with Gasteiger partial charge in [0.05, 0.1) is 5.75 Å². The van der Waals surface area contributed by atoms with Crippen molar-refractivity contribution in [2.75, 3.05) is 5.75 Å². The third kappa shape index (κ3) is 3.12. The molecule has 0 spiro atoms. The van der Waals surface area contributed by atoms with Gasteiger partial charge in [0.15, 0.2) is 11.5 Å². The van der Waals surface area contributed by atoms with E-state index in [1.54, 1.807) is 18.2 Å². The Hall–Kier alpha value is -2.33. The third-order valence-electron chi connectivity index (χ3n) is 3.33. The number of ketones is 2. The molecule has 4 heteroatoms. The van der Waals surface area contributed by atoms with Gasteiger partial charge >= 0.3 is 0 Å². The molecule has 0 bridgehead atoms. The van der Waals surface area contributed by atoms with Gasteiger partial charge in [0.2, 0.25) is 5.78 Å². The van der Waals surface area contributed by atoms with Crippen LogP contribution in [0, 0.1) is 0 Å². The minimum absolute atomic E-state index is 0.0369. The molecule has 0 radical (unpaired) electrons. The number of para-hydroxylation sites is 1. The van der Waals surface area contributed by atoms with Crippen LogP contribution < -0.4 is 0 Å². The minimum atomic E-state index is -0.0446. The van der Waals surface area contributed by atoms with Crippen molar-refractivity contribution in [2.45, 2.75) is 11.8 Å². The highest BCUT2D eigenvalue weighted by Gasteiger charge is 2.12. The molecule has 0 aliphatic carbocycles. The highest BCUT2D eigenvalue weighted by molar-refractivity contribution is 8.00. The Balaban J connectivity index is 1.67. The van der Waals surface area contributed by atoms with Crippen molar-refractivity contribution in [3.05, 3.63) is 65.9 Å². The predicted molar refractivity (Wildman–Crippen MR) is 87.7 cm³/mol. The standard InChI is InChI=1S/C18H14O3S/c1-12(19)13-6-8-15(9-7-13)22-11-16(20)18-10-14-4-2-3-5-17(14)21-18/h2-10H,11H2,1H3. The fourth-order valence-corrected chi connectivity index (χ4v) is 2.89. The second kappa shape index (κ2) is 6.20. The smallest absolute Gasteiger partial charge is 0.208 e. The number of hydrogen-bond donors (Lipinski definition) is 0. The summed E-state index contributed by atoms with van der Waals surface area (Å²) in [6, 6.07) is 16.6. The van der Waals surface area contributed by atoms with Crippen LogP contribution in [0.1, 0.15) is 27.8 Å². The van der Waals surface area contributed by atoms with Crippen LogP contribution in [-0.4, -0.2) is 17.3 Å². The van der Waals surface area contributed by atoms with E-state index in [1.165, 1.54) is 18.7 Å². The molecule has 0 atom stereocenters. The molecule has 0 aliphatic rings. The van der Waals surface area contributed by atoms with Gasteiger partial charge in [-0.1, -0.05) is 30.3 Å². The van der Waals surface area contributed by atoms with Gasteiger partial charge < -0.3 is 4.42 Å². The lowest BCUT2D eigenvalue weighted by atomic mass is 10.2. The molecule has 1 aromatic heterocycles. The molecule has 0 aliphatic heterocycles. The second-order valence-corrected chi connectivity index (χ2v) is 5.99. The Labute approximate surface area is 132 Å². The van der Waals surface area contributed by atoms with E-state index in [-0.39, 0.29) is 11.6 Å². The van der Waals surface area contributed by atoms with Crippen LogP contribution in [0.5, 0.6) is 0 Å². The molecule has 22 heavy (non-hydrogen) atoms. The second-order valence-electron chi connectivity index (χ2n) is 4.94. The molecule has 3 aromatic rings. The maximum atomic E-state index is 12.2. The van der Waals surface area contributed by atoms with Crippen LogP contribution >= 0.6 is 11.8 Å². The van der Waals surface area contributed by atoms with Crippen molar-refractivity contribution in [2.24, 2.45) is 0 Å². The molecule has 0 amide bonds. The summed E-state index contributed by atoms with van der Waals surface area (Å²) in [7, 11) is 0. The molecule has 1 heterocycles. The quantitative estimate of drug-likeness (QED) is 0.510. The Morgan fingerprint density at radius 1 is 1.05 bits per heavy atom. The predicted octanol–water partition coefficient (Wildman–Crippen LogP) is 4.61. The van der Waals surface area contributed by atoms with Crippen molar-refractivity contribution in [1.82, 2.24) is 0 Å². The normalized spacial score (nSPS) is 10.8. The SMILES string of the molecule is CC(=O)c1ccc(SCC(=O)c2cc3ccccc3o2)cc1. The van der Waals surface area contributed by atoms with Crippen LogP contribution in [-0.2, 0) is 0 Å². The number of rotatable bonds is 5. The van der Waals surface area contributed by atoms with Gasteiger partial charge in [-0.25, -0.2) is 0 Å². The fourth-order valence-electron chi connectivity index (χ4n) is 2.13. The zero-order chi connectivity index (χ0) is 15.5. The molecule has 3 nitrogen and oxygen atoms in total. The number of furan rings is 1. The maximum Gasteiger partial charge on any atom is 0.208 e. The van der Waals surface area contributed by atoms with Crippen LogP contribution in [0.2, 0.25) is 0 Å². The highest BCUT2D eigenvalue weighted by atomic mass is 32.2. The first-order chi connectivity index (χ1) is 10.6. The first-order valence-electron chi connectivity index (χ1n) is 6.89. The van der Waals surface area contributed by atoms with E-state index >= 15 is 0 Å². The third-order valence-corrected chi connectivity index (χ3v) is 4.34. The molecule has 3 rings (SSSR count). The molecule has 110 valence electrons. The topological polar surface area (TPSA) is 47.3 Å². The maximum absolute atomic E-state index is 12.2. The fraction of sp³-hybridized carbons (Fsp3) is 0.111. The summed E-state index contributed by atoms with van der Waals surface area (Å²) in [4.78, 5) is 24.4. The van der Waals surface area contributed by atoms with Crippen molar-refractivity contribution in [3.63, 3.8) is 0 Å². The van der Waals surface area contributed by atoms with Gasteiger partial charge in [0.25, 0.3) is 0 Å². The average Bonchev–Trinajstić information content (AvgIpc) is 2.97. The Kier molecular flexibility index (Phi) is 4.11. The van der Waals surface area contributed by atoms with Crippen LogP contribution in [0.3, 0.4) is 0 Å². The zero-order valence-electron chi connectivity index (χ0n) is 12.0. The Morgan fingerprint density at radius 3 is 2.45 bits per heavy atom. The molecular formula is C18H14O3S. The number of fused-ring (bicyclic) bond motifs is 1. The number of benzene rings is 2. The van der Waals surface area contributed by atoms with Crippen LogP contribution in [0.25, 0.3) is 11.0 Å². The molecule has 0 N–H and O–H groups in total. The summed E-state index contributed by atoms with van der Waals surface area (Å²) in [5, 5.41) is 0.932. The Bertz CT molecular complexity index is 798. The monoisotopic (exact) mass is 310 g/mol. The van der Waals surface area contributed by atoms with Crippen molar-refractivity contribution in [3.8, 4) is 0 Å². The van der Waals surface area contributed by atoms with Crippen molar-refractivity contribution >= 4 is 34.3 Å². The largest absolute Gasteiger partial charge is 0.453 e. The van der Waals surface area contributed by atoms with E-state index in [0.717, 1.165) is 15.9 Å². The number of thioether (sulfide) groups is 1. The van der Waals surface area contributed by atoms with Gasteiger partial charge in [0, 0.05) is 15.8 Å². The van der Waals surface area contributed by atoms with Gasteiger partial charge in [-0.15, -0.1) is 11.8 Å². The first kappa shape index (κ1) is 14.6. The van der Waals surface area contributed by atoms with Crippen molar-refractivity contribution < 1.29 is 14.0 Å². The zero-order valence-corrected chi connectivity index (χ0v) is 12.9. The number of carbonyl (C=O) groups excluding carboxylic acids is 2. The summed E-state index contributed by atoms with van der Waals surface area (Å²) < 4.78 is 5.56. The van der Waals surface area contributed by atoms with Gasteiger partial charge in [0.1, 0.15) is 5.58 Å². The molecule has 2 aromatic carbocycles. The van der Waals surface area contributed by atoms with Gasteiger partial charge in [-0.3, -0.25) is 9.59 Å². The van der Waals surface area contributed by atoms with Gasteiger partial charge in [-0.2, -0.15) is 0 Å².